The standard InChI is InChI=1S/C13H24N2O3/c1-10(2)4-5-14-6-8-15(9-7-14)12(16)11(3)13(17)18/h10-11H,4-9H2,1-3H3,(H,17,18). The molecule has 104 valence electrons. The molecule has 1 amide bonds. The van der Waals surface area contributed by atoms with Crippen LogP contribution in [0.2, 0.25) is 0 Å². The first kappa shape index (κ1) is 15.0. The maximum atomic E-state index is 11.8. The third-order valence-electron chi connectivity index (χ3n) is 3.45. The molecule has 0 aromatic rings. The number of rotatable bonds is 5. The number of carbonyl (C=O) groups excluding carboxylic acids is 1. The summed E-state index contributed by atoms with van der Waals surface area (Å²) in [4.78, 5) is 26.6. The van der Waals surface area contributed by atoms with Crippen molar-refractivity contribution in [2.45, 2.75) is 27.2 Å². The fourth-order valence-electron chi connectivity index (χ4n) is 2.01. The maximum Gasteiger partial charge on any atom is 0.315 e. The highest BCUT2D eigenvalue weighted by Crippen LogP contribution is 2.09. The molecule has 1 atom stereocenters. The Morgan fingerprint density at radius 3 is 2.11 bits per heavy atom. The molecule has 1 aliphatic rings. The molecule has 5 heteroatoms. The Morgan fingerprint density at radius 1 is 1.11 bits per heavy atom. The molecule has 1 rings (SSSR count). The van der Waals surface area contributed by atoms with Crippen molar-refractivity contribution in [2.75, 3.05) is 32.7 Å². The molecule has 0 aromatic heterocycles. The molecule has 0 aromatic carbocycles. The third kappa shape index (κ3) is 4.29. The Bertz CT molecular complexity index is 297. The highest BCUT2D eigenvalue weighted by Gasteiger charge is 2.28. The zero-order valence-electron chi connectivity index (χ0n) is 11.6. The van der Waals surface area contributed by atoms with E-state index < -0.39 is 11.9 Å². The summed E-state index contributed by atoms with van der Waals surface area (Å²) < 4.78 is 0. The van der Waals surface area contributed by atoms with Crippen LogP contribution in [-0.4, -0.2) is 59.5 Å². The predicted molar refractivity (Wildman–Crippen MR) is 69.3 cm³/mol. The van der Waals surface area contributed by atoms with Gasteiger partial charge in [0.15, 0.2) is 0 Å². The predicted octanol–water partition coefficient (Wildman–Crippen LogP) is 0.897. The average Bonchev–Trinajstić information content (AvgIpc) is 2.35. The molecule has 1 unspecified atom stereocenters. The topological polar surface area (TPSA) is 60.9 Å². The van der Waals surface area contributed by atoms with Crippen molar-refractivity contribution in [3.8, 4) is 0 Å². The lowest BCUT2D eigenvalue weighted by molar-refractivity contribution is -0.151. The number of amides is 1. The first-order valence-electron chi connectivity index (χ1n) is 6.65. The van der Waals surface area contributed by atoms with Crippen LogP contribution in [0.1, 0.15) is 27.2 Å². The van der Waals surface area contributed by atoms with Crippen LogP contribution in [0.3, 0.4) is 0 Å². The monoisotopic (exact) mass is 256 g/mol. The van der Waals surface area contributed by atoms with Crippen LogP contribution in [0.5, 0.6) is 0 Å². The average molecular weight is 256 g/mol. The van der Waals surface area contributed by atoms with Gasteiger partial charge in [0.25, 0.3) is 0 Å². The van der Waals surface area contributed by atoms with E-state index in [9.17, 15) is 9.59 Å². The van der Waals surface area contributed by atoms with Crippen LogP contribution < -0.4 is 0 Å². The number of hydrogen-bond acceptors (Lipinski definition) is 3. The van der Waals surface area contributed by atoms with Gasteiger partial charge in [-0.1, -0.05) is 13.8 Å². The Kier molecular flexibility index (Phi) is 5.59. The number of carboxylic acids is 1. The number of aliphatic carboxylic acids is 1. The molecule has 1 saturated heterocycles. The van der Waals surface area contributed by atoms with Gasteiger partial charge in [0.1, 0.15) is 5.92 Å². The molecule has 0 bridgehead atoms. The first-order chi connectivity index (χ1) is 8.41. The van der Waals surface area contributed by atoms with Gasteiger partial charge in [-0.25, -0.2) is 0 Å². The lowest BCUT2D eigenvalue weighted by atomic mass is 10.1. The zero-order valence-corrected chi connectivity index (χ0v) is 11.6. The van der Waals surface area contributed by atoms with Gasteiger partial charge in [-0.05, 0) is 25.8 Å². The van der Waals surface area contributed by atoms with Crippen molar-refractivity contribution in [3.05, 3.63) is 0 Å². The fourth-order valence-corrected chi connectivity index (χ4v) is 2.01. The van der Waals surface area contributed by atoms with E-state index in [1.807, 2.05) is 0 Å². The summed E-state index contributed by atoms with van der Waals surface area (Å²) in [5.41, 5.74) is 0. The highest BCUT2D eigenvalue weighted by molar-refractivity contribution is 5.96. The van der Waals surface area contributed by atoms with Crippen molar-refractivity contribution in [1.29, 1.82) is 0 Å². The second-order valence-corrected chi connectivity index (χ2v) is 5.41. The van der Waals surface area contributed by atoms with Gasteiger partial charge in [0.2, 0.25) is 5.91 Å². The second-order valence-electron chi connectivity index (χ2n) is 5.41. The summed E-state index contributed by atoms with van der Waals surface area (Å²) in [5, 5.41) is 8.82. The summed E-state index contributed by atoms with van der Waals surface area (Å²) in [6.07, 6.45) is 1.17. The first-order valence-corrected chi connectivity index (χ1v) is 6.65. The molecular weight excluding hydrogens is 232 g/mol. The SMILES string of the molecule is CC(C)CCN1CCN(C(=O)C(C)C(=O)O)CC1. The van der Waals surface area contributed by atoms with Crippen molar-refractivity contribution in [1.82, 2.24) is 9.80 Å². The molecule has 1 fully saturated rings. The smallest absolute Gasteiger partial charge is 0.315 e. The van der Waals surface area contributed by atoms with Gasteiger partial charge in [0.05, 0.1) is 0 Å². The Labute approximate surface area is 109 Å². The van der Waals surface area contributed by atoms with Crippen molar-refractivity contribution < 1.29 is 14.7 Å². The molecule has 1 heterocycles. The van der Waals surface area contributed by atoms with E-state index in [0.717, 1.165) is 19.6 Å². The summed E-state index contributed by atoms with van der Waals surface area (Å²) in [6.45, 7) is 9.92. The van der Waals surface area contributed by atoms with Crippen LogP contribution in [0, 0.1) is 11.8 Å². The molecule has 1 aliphatic heterocycles. The van der Waals surface area contributed by atoms with Crippen LogP contribution in [0.25, 0.3) is 0 Å². The quantitative estimate of drug-likeness (QED) is 0.742. The molecule has 0 radical (unpaired) electrons. The largest absolute Gasteiger partial charge is 0.481 e. The summed E-state index contributed by atoms with van der Waals surface area (Å²) in [7, 11) is 0. The zero-order chi connectivity index (χ0) is 13.7. The number of piperazine rings is 1. The van der Waals surface area contributed by atoms with E-state index in [0.29, 0.717) is 19.0 Å². The van der Waals surface area contributed by atoms with Crippen molar-refractivity contribution in [3.63, 3.8) is 0 Å². The molecule has 1 N–H and O–H groups in total. The second kappa shape index (κ2) is 6.73. The minimum absolute atomic E-state index is 0.258. The molecule has 0 saturated carbocycles. The van der Waals surface area contributed by atoms with E-state index >= 15 is 0 Å². The summed E-state index contributed by atoms with van der Waals surface area (Å²) >= 11 is 0. The third-order valence-corrected chi connectivity index (χ3v) is 3.45. The molecular formula is C13H24N2O3. The van der Waals surface area contributed by atoms with Gasteiger partial charge >= 0.3 is 5.97 Å². The number of hydrogen-bond donors (Lipinski definition) is 1. The Morgan fingerprint density at radius 2 is 1.67 bits per heavy atom. The van der Waals surface area contributed by atoms with Crippen LogP contribution in [0.4, 0.5) is 0 Å². The molecule has 0 spiro atoms. The summed E-state index contributed by atoms with van der Waals surface area (Å²) in [6, 6.07) is 0. The molecule has 0 aliphatic carbocycles. The van der Waals surface area contributed by atoms with Gasteiger partial charge in [0, 0.05) is 26.2 Å². The fraction of sp³-hybridized carbons (Fsp3) is 0.846. The summed E-state index contributed by atoms with van der Waals surface area (Å²) in [5.74, 6) is -1.53. The van der Waals surface area contributed by atoms with E-state index in [1.54, 1.807) is 4.90 Å². The highest BCUT2D eigenvalue weighted by atomic mass is 16.4. The van der Waals surface area contributed by atoms with Gasteiger partial charge in [-0.15, -0.1) is 0 Å². The normalized spacial score (nSPS) is 19.0. The van der Waals surface area contributed by atoms with E-state index in [2.05, 4.69) is 18.7 Å². The lowest BCUT2D eigenvalue weighted by Crippen LogP contribution is -2.51. The molecule has 18 heavy (non-hydrogen) atoms. The Hall–Kier alpha value is -1.10. The van der Waals surface area contributed by atoms with Gasteiger partial charge in [-0.3, -0.25) is 14.5 Å². The number of nitrogens with zero attached hydrogens (tertiary/aromatic N) is 2. The van der Waals surface area contributed by atoms with E-state index in [1.165, 1.54) is 13.3 Å². The van der Waals surface area contributed by atoms with Crippen LogP contribution in [-0.2, 0) is 9.59 Å². The van der Waals surface area contributed by atoms with Crippen molar-refractivity contribution in [2.24, 2.45) is 11.8 Å². The van der Waals surface area contributed by atoms with Crippen LogP contribution >= 0.6 is 0 Å². The van der Waals surface area contributed by atoms with Crippen LogP contribution in [0.15, 0.2) is 0 Å². The number of carbonyl (C=O) groups is 2. The Balaban J connectivity index is 2.35. The maximum absolute atomic E-state index is 11.8. The van der Waals surface area contributed by atoms with Gasteiger partial charge in [-0.2, -0.15) is 0 Å². The molecule has 5 nitrogen and oxygen atoms in total. The minimum atomic E-state index is -1.04. The van der Waals surface area contributed by atoms with Gasteiger partial charge < -0.3 is 10.0 Å². The lowest BCUT2D eigenvalue weighted by Gasteiger charge is -2.35. The minimum Gasteiger partial charge on any atom is -0.481 e. The van der Waals surface area contributed by atoms with E-state index in [4.69, 9.17) is 5.11 Å². The number of carboxylic acid groups (broad SMARTS) is 1. The van der Waals surface area contributed by atoms with Crippen molar-refractivity contribution >= 4 is 11.9 Å². The van der Waals surface area contributed by atoms with E-state index in [-0.39, 0.29) is 5.91 Å².